The lowest BCUT2D eigenvalue weighted by molar-refractivity contribution is 0.0907. The molecule has 17 heavy (non-hydrogen) atoms. The van der Waals surface area contributed by atoms with Crippen LogP contribution in [0.15, 0.2) is 16.7 Å². The minimum atomic E-state index is -0.172. The van der Waals surface area contributed by atoms with Crippen LogP contribution >= 0.6 is 12.4 Å². The SMILES string of the molecule is CCCCC(CN)NC(=O)c1occc1C.Cl. The van der Waals surface area contributed by atoms with Gasteiger partial charge in [-0.25, -0.2) is 0 Å². The number of rotatable bonds is 6. The van der Waals surface area contributed by atoms with Gasteiger partial charge >= 0.3 is 0 Å². The quantitative estimate of drug-likeness (QED) is 0.824. The van der Waals surface area contributed by atoms with E-state index in [4.69, 9.17) is 10.2 Å². The molecule has 1 atom stereocenters. The molecule has 0 aliphatic carbocycles. The Hall–Kier alpha value is -1.00. The Morgan fingerprint density at radius 3 is 2.76 bits per heavy atom. The van der Waals surface area contributed by atoms with E-state index in [1.807, 2.05) is 6.92 Å². The van der Waals surface area contributed by atoms with Crippen molar-refractivity contribution in [3.63, 3.8) is 0 Å². The van der Waals surface area contributed by atoms with Crippen molar-refractivity contribution in [2.75, 3.05) is 6.54 Å². The van der Waals surface area contributed by atoms with E-state index in [1.54, 1.807) is 6.07 Å². The van der Waals surface area contributed by atoms with Crippen molar-refractivity contribution in [3.05, 3.63) is 23.7 Å². The molecule has 1 heterocycles. The van der Waals surface area contributed by atoms with Crippen molar-refractivity contribution in [2.45, 2.75) is 39.2 Å². The van der Waals surface area contributed by atoms with Gasteiger partial charge < -0.3 is 15.5 Å². The van der Waals surface area contributed by atoms with Crippen LogP contribution in [0.4, 0.5) is 0 Å². The second-order valence-corrected chi connectivity index (χ2v) is 3.98. The number of nitrogens with one attached hydrogen (secondary N) is 1. The van der Waals surface area contributed by atoms with Crippen molar-refractivity contribution >= 4 is 18.3 Å². The van der Waals surface area contributed by atoms with E-state index < -0.39 is 0 Å². The molecule has 1 amide bonds. The molecule has 0 saturated carbocycles. The molecular weight excluding hydrogens is 240 g/mol. The molecule has 0 fully saturated rings. The maximum Gasteiger partial charge on any atom is 0.287 e. The molecule has 0 spiro atoms. The first-order chi connectivity index (χ1) is 7.69. The van der Waals surface area contributed by atoms with Crippen LogP contribution in [-0.2, 0) is 0 Å². The van der Waals surface area contributed by atoms with Crippen LogP contribution in [0.25, 0.3) is 0 Å². The van der Waals surface area contributed by atoms with Gasteiger partial charge in [-0.05, 0) is 19.4 Å². The monoisotopic (exact) mass is 260 g/mol. The summed E-state index contributed by atoms with van der Waals surface area (Å²) >= 11 is 0. The van der Waals surface area contributed by atoms with Crippen molar-refractivity contribution in [3.8, 4) is 0 Å². The normalized spacial score (nSPS) is 11.7. The first-order valence-electron chi connectivity index (χ1n) is 5.74. The zero-order chi connectivity index (χ0) is 12.0. The molecule has 98 valence electrons. The Kier molecular flexibility index (Phi) is 7.66. The van der Waals surface area contributed by atoms with Gasteiger partial charge in [0.25, 0.3) is 5.91 Å². The van der Waals surface area contributed by atoms with Gasteiger partial charge in [0.15, 0.2) is 5.76 Å². The summed E-state index contributed by atoms with van der Waals surface area (Å²) in [5, 5.41) is 2.89. The molecule has 0 bridgehead atoms. The molecule has 3 N–H and O–H groups in total. The van der Waals surface area contributed by atoms with Crippen molar-refractivity contribution < 1.29 is 9.21 Å². The standard InChI is InChI=1S/C12H20N2O2.ClH/c1-3-4-5-10(8-13)14-12(15)11-9(2)6-7-16-11;/h6-7,10H,3-5,8,13H2,1-2H3,(H,14,15);1H. The predicted molar refractivity (Wildman–Crippen MR) is 70.5 cm³/mol. The third kappa shape index (κ3) is 4.79. The number of aryl methyl sites for hydroxylation is 1. The summed E-state index contributed by atoms with van der Waals surface area (Å²) in [5.74, 6) is 0.212. The third-order valence-corrected chi connectivity index (χ3v) is 2.59. The lowest BCUT2D eigenvalue weighted by Crippen LogP contribution is -2.40. The van der Waals surface area contributed by atoms with Crippen LogP contribution in [0.2, 0.25) is 0 Å². The lowest BCUT2D eigenvalue weighted by Gasteiger charge is -2.15. The maximum absolute atomic E-state index is 11.8. The van der Waals surface area contributed by atoms with Gasteiger partial charge in [0.05, 0.1) is 6.26 Å². The molecule has 5 heteroatoms. The molecule has 1 aromatic rings. The minimum absolute atomic E-state index is 0. The molecular formula is C12H21ClN2O2. The van der Waals surface area contributed by atoms with E-state index in [2.05, 4.69) is 12.2 Å². The zero-order valence-corrected chi connectivity index (χ0v) is 11.2. The second-order valence-electron chi connectivity index (χ2n) is 3.98. The van der Waals surface area contributed by atoms with Gasteiger partial charge in [-0.1, -0.05) is 19.8 Å². The average molecular weight is 261 g/mol. The summed E-state index contributed by atoms with van der Waals surface area (Å²) in [5.41, 5.74) is 6.46. The smallest absolute Gasteiger partial charge is 0.287 e. The number of hydrogen-bond donors (Lipinski definition) is 2. The highest BCUT2D eigenvalue weighted by Gasteiger charge is 2.16. The molecule has 1 unspecified atom stereocenters. The minimum Gasteiger partial charge on any atom is -0.459 e. The van der Waals surface area contributed by atoms with Gasteiger partial charge in [-0.2, -0.15) is 0 Å². The molecule has 4 nitrogen and oxygen atoms in total. The van der Waals surface area contributed by atoms with E-state index >= 15 is 0 Å². The first kappa shape index (κ1) is 16.0. The summed E-state index contributed by atoms with van der Waals surface area (Å²) in [4.78, 5) is 11.8. The Labute approximate surface area is 108 Å². The Morgan fingerprint density at radius 2 is 2.29 bits per heavy atom. The molecule has 1 aromatic heterocycles. The number of carbonyl (C=O) groups is 1. The van der Waals surface area contributed by atoms with Gasteiger partial charge in [0.2, 0.25) is 0 Å². The Morgan fingerprint density at radius 1 is 1.59 bits per heavy atom. The predicted octanol–water partition coefficient (Wildman–Crippen LogP) is 2.26. The number of unbranched alkanes of at least 4 members (excludes halogenated alkanes) is 1. The van der Waals surface area contributed by atoms with Crippen LogP contribution in [0, 0.1) is 6.92 Å². The highest BCUT2D eigenvalue weighted by atomic mass is 35.5. The summed E-state index contributed by atoms with van der Waals surface area (Å²) in [6.07, 6.45) is 4.61. The second kappa shape index (κ2) is 8.14. The average Bonchev–Trinajstić information content (AvgIpc) is 2.70. The Balaban J connectivity index is 0.00000256. The Bertz CT molecular complexity index is 339. The maximum atomic E-state index is 11.8. The lowest BCUT2D eigenvalue weighted by atomic mass is 10.1. The third-order valence-electron chi connectivity index (χ3n) is 2.59. The van der Waals surface area contributed by atoms with Crippen molar-refractivity contribution in [1.82, 2.24) is 5.32 Å². The van der Waals surface area contributed by atoms with Gasteiger partial charge in [0.1, 0.15) is 0 Å². The largest absolute Gasteiger partial charge is 0.459 e. The molecule has 1 rings (SSSR count). The van der Waals surface area contributed by atoms with E-state index in [1.165, 1.54) is 6.26 Å². The number of carbonyl (C=O) groups excluding carboxylic acids is 1. The fourth-order valence-electron chi connectivity index (χ4n) is 1.56. The summed E-state index contributed by atoms with van der Waals surface area (Å²) < 4.78 is 5.12. The summed E-state index contributed by atoms with van der Waals surface area (Å²) in [7, 11) is 0. The number of halogens is 1. The molecule has 0 aliphatic heterocycles. The first-order valence-corrected chi connectivity index (χ1v) is 5.74. The van der Waals surface area contributed by atoms with E-state index in [9.17, 15) is 4.79 Å². The van der Waals surface area contributed by atoms with E-state index in [0.29, 0.717) is 12.3 Å². The highest BCUT2D eigenvalue weighted by molar-refractivity contribution is 5.92. The fourth-order valence-corrected chi connectivity index (χ4v) is 1.56. The van der Waals surface area contributed by atoms with Crippen molar-refractivity contribution in [1.29, 1.82) is 0 Å². The van der Waals surface area contributed by atoms with Crippen LogP contribution < -0.4 is 11.1 Å². The number of furan rings is 1. The molecule has 0 aliphatic rings. The zero-order valence-electron chi connectivity index (χ0n) is 10.4. The topological polar surface area (TPSA) is 68.3 Å². The van der Waals surface area contributed by atoms with Crippen LogP contribution in [-0.4, -0.2) is 18.5 Å². The molecule has 0 saturated heterocycles. The van der Waals surface area contributed by atoms with Crippen molar-refractivity contribution in [2.24, 2.45) is 5.73 Å². The summed E-state index contributed by atoms with van der Waals surface area (Å²) in [6, 6.07) is 1.82. The number of nitrogens with two attached hydrogens (primary N) is 1. The van der Waals surface area contributed by atoms with Crippen LogP contribution in [0.1, 0.15) is 42.3 Å². The fraction of sp³-hybridized carbons (Fsp3) is 0.583. The van der Waals surface area contributed by atoms with Crippen LogP contribution in [0.5, 0.6) is 0 Å². The van der Waals surface area contributed by atoms with E-state index in [0.717, 1.165) is 24.8 Å². The number of hydrogen-bond acceptors (Lipinski definition) is 3. The van der Waals surface area contributed by atoms with Gasteiger partial charge in [-0.15, -0.1) is 12.4 Å². The summed E-state index contributed by atoms with van der Waals surface area (Å²) in [6.45, 7) is 4.43. The number of amides is 1. The molecule has 0 aromatic carbocycles. The molecule has 0 radical (unpaired) electrons. The van der Waals surface area contributed by atoms with E-state index in [-0.39, 0.29) is 24.4 Å². The van der Waals surface area contributed by atoms with Crippen LogP contribution in [0.3, 0.4) is 0 Å². The van der Waals surface area contributed by atoms with Gasteiger partial charge in [-0.3, -0.25) is 4.79 Å². The highest BCUT2D eigenvalue weighted by Crippen LogP contribution is 2.09. The van der Waals surface area contributed by atoms with Gasteiger partial charge in [0, 0.05) is 18.2 Å².